The van der Waals surface area contributed by atoms with Crippen molar-refractivity contribution in [3.63, 3.8) is 0 Å². The first-order valence-electron chi connectivity index (χ1n) is 4.09. The maximum Gasteiger partial charge on any atom is 0.0584 e. The second-order valence-electron chi connectivity index (χ2n) is 3.42. The summed E-state index contributed by atoms with van der Waals surface area (Å²) < 4.78 is 0. The second-order valence-corrected chi connectivity index (χ2v) is 3.42. The molecule has 1 heterocycles. The van der Waals surface area contributed by atoms with Crippen LogP contribution in [0.15, 0.2) is 0 Å². The van der Waals surface area contributed by atoms with E-state index in [0.717, 1.165) is 5.92 Å². The minimum absolute atomic E-state index is 0.298. The van der Waals surface area contributed by atoms with E-state index >= 15 is 0 Å². The Morgan fingerprint density at radius 1 is 1.70 bits per heavy atom. The van der Waals surface area contributed by atoms with Gasteiger partial charge in [0.25, 0.3) is 0 Å². The molecule has 10 heavy (non-hydrogen) atoms. The summed E-state index contributed by atoms with van der Waals surface area (Å²) in [6, 6.07) is 0.366. The van der Waals surface area contributed by atoms with E-state index in [1.165, 1.54) is 19.5 Å². The van der Waals surface area contributed by atoms with Crippen LogP contribution in [0.25, 0.3) is 0 Å². The molecule has 1 fully saturated rings. The van der Waals surface area contributed by atoms with Crippen LogP contribution < -0.4 is 0 Å². The molecule has 60 valence electrons. The molecule has 0 aromatic carbocycles. The molecule has 0 aliphatic carbocycles. The van der Waals surface area contributed by atoms with Gasteiger partial charge in [0.1, 0.15) is 0 Å². The monoisotopic (exact) mass is 143 g/mol. The van der Waals surface area contributed by atoms with Crippen molar-refractivity contribution in [2.75, 3.05) is 19.7 Å². The summed E-state index contributed by atoms with van der Waals surface area (Å²) in [5.41, 5.74) is 0. The second kappa shape index (κ2) is 3.35. The number of aliphatic hydroxyl groups excluding tert-OH is 1. The number of nitrogens with zero attached hydrogens (tertiary/aromatic N) is 1. The van der Waals surface area contributed by atoms with Gasteiger partial charge in [-0.25, -0.2) is 0 Å². The Hall–Kier alpha value is -0.0800. The van der Waals surface area contributed by atoms with E-state index in [1.807, 2.05) is 0 Å². The van der Waals surface area contributed by atoms with E-state index in [9.17, 15) is 0 Å². The van der Waals surface area contributed by atoms with Gasteiger partial charge < -0.3 is 5.11 Å². The average molecular weight is 143 g/mol. The minimum Gasteiger partial charge on any atom is -0.395 e. The molecule has 1 saturated heterocycles. The molecule has 0 amide bonds. The molecule has 0 unspecified atom stereocenters. The van der Waals surface area contributed by atoms with E-state index in [2.05, 4.69) is 18.7 Å². The summed E-state index contributed by atoms with van der Waals surface area (Å²) in [6.45, 7) is 6.99. The highest BCUT2D eigenvalue weighted by atomic mass is 16.3. The molecule has 1 aliphatic heterocycles. The fourth-order valence-electron chi connectivity index (χ4n) is 1.48. The van der Waals surface area contributed by atoms with Gasteiger partial charge in [0, 0.05) is 12.6 Å². The maximum atomic E-state index is 8.84. The molecule has 0 aromatic heterocycles. The number of rotatable bonds is 2. The lowest BCUT2D eigenvalue weighted by Crippen LogP contribution is -2.33. The summed E-state index contributed by atoms with van der Waals surface area (Å²) in [5, 5.41) is 8.84. The van der Waals surface area contributed by atoms with Crippen LogP contribution in [0, 0.1) is 5.92 Å². The molecule has 2 heteroatoms. The lowest BCUT2D eigenvalue weighted by atomic mass is 10.2. The Labute approximate surface area is 62.8 Å². The Balaban J connectivity index is 2.29. The third-order valence-electron chi connectivity index (χ3n) is 2.34. The fourth-order valence-corrected chi connectivity index (χ4v) is 1.48. The zero-order valence-electron chi connectivity index (χ0n) is 6.88. The first-order chi connectivity index (χ1) is 4.74. The molecule has 2 nitrogen and oxygen atoms in total. The first kappa shape index (κ1) is 8.02. The number of likely N-dealkylation sites (tertiary alicyclic amines) is 1. The van der Waals surface area contributed by atoms with Gasteiger partial charge in [-0.1, -0.05) is 6.92 Å². The van der Waals surface area contributed by atoms with Crippen LogP contribution in [0.4, 0.5) is 0 Å². The average Bonchev–Trinajstić information content (AvgIpc) is 2.34. The summed E-state index contributed by atoms with van der Waals surface area (Å²) in [7, 11) is 0. The molecule has 1 rings (SSSR count). The van der Waals surface area contributed by atoms with Crippen LogP contribution in [0.2, 0.25) is 0 Å². The van der Waals surface area contributed by atoms with Crippen molar-refractivity contribution in [2.45, 2.75) is 26.3 Å². The van der Waals surface area contributed by atoms with Crippen molar-refractivity contribution in [1.29, 1.82) is 0 Å². The Kier molecular flexibility index (Phi) is 2.69. The molecule has 2 atom stereocenters. The van der Waals surface area contributed by atoms with E-state index in [-0.39, 0.29) is 0 Å². The number of aliphatic hydroxyl groups is 1. The Morgan fingerprint density at radius 2 is 2.40 bits per heavy atom. The Bertz CT molecular complexity index is 105. The summed E-state index contributed by atoms with van der Waals surface area (Å²) in [5.74, 6) is 0.828. The molecule has 0 aromatic rings. The van der Waals surface area contributed by atoms with Crippen LogP contribution in [0.5, 0.6) is 0 Å². The van der Waals surface area contributed by atoms with Crippen LogP contribution in [0.3, 0.4) is 0 Å². The van der Waals surface area contributed by atoms with Gasteiger partial charge in [-0.05, 0) is 25.8 Å². The smallest absolute Gasteiger partial charge is 0.0584 e. The third-order valence-corrected chi connectivity index (χ3v) is 2.34. The molecular weight excluding hydrogens is 126 g/mol. The molecule has 0 radical (unpaired) electrons. The third kappa shape index (κ3) is 1.70. The molecule has 0 bridgehead atoms. The van der Waals surface area contributed by atoms with E-state index in [4.69, 9.17) is 5.11 Å². The van der Waals surface area contributed by atoms with Gasteiger partial charge >= 0.3 is 0 Å². The minimum atomic E-state index is 0.298. The quantitative estimate of drug-likeness (QED) is 0.615. The zero-order valence-corrected chi connectivity index (χ0v) is 6.88. The SMILES string of the molecule is C[C@H]1CCN([C@@H](C)CO)C1. The number of hydrogen-bond donors (Lipinski definition) is 1. The molecule has 0 saturated carbocycles. The normalized spacial score (nSPS) is 30.9. The first-order valence-corrected chi connectivity index (χ1v) is 4.09. The van der Waals surface area contributed by atoms with Crippen molar-refractivity contribution >= 4 is 0 Å². The zero-order chi connectivity index (χ0) is 7.56. The number of hydrogen-bond acceptors (Lipinski definition) is 2. The lowest BCUT2D eigenvalue weighted by molar-refractivity contribution is 0.155. The van der Waals surface area contributed by atoms with Crippen LogP contribution in [-0.2, 0) is 0 Å². The molecule has 1 N–H and O–H groups in total. The van der Waals surface area contributed by atoms with Crippen molar-refractivity contribution in [1.82, 2.24) is 4.90 Å². The fraction of sp³-hybridized carbons (Fsp3) is 1.00. The van der Waals surface area contributed by atoms with Crippen LogP contribution >= 0.6 is 0 Å². The highest BCUT2D eigenvalue weighted by Crippen LogP contribution is 2.16. The van der Waals surface area contributed by atoms with Gasteiger partial charge in [-0.15, -0.1) is 0 Å². The van der Waals surface area contributed by atoms with Crippen LogP contribution in [0.1, 0.15) is 20.3 Å². The lowest BCUT2D eigenvalue weighted by Gasteiger charge is -2.21. The highest BCUT2D eigenvalue weighted by molar-refractivity contribution is 4.76. The summed E-state index contributed by atoms with van der Waals surface area (Å²) in [6.07, 6.45) is 1.30. The van der Waals surface area contributed by atoms with Gasteiger partial charge in [0.15, 0.2) is 0 Å². The predicted molar refractivity (Wildman–Crippen MR) is 41.9 cm³/mol. The van der Waals surface area contributed by atoms with Gasteiger partial charge in [0.2, 0.25) is 0 Å². The summed E-state index contributed by atoms with van der Waals surface area (Å²) in [4.78, 5) is 2.35. The van der Waals surface area contributed by atoms with Crippen molar-refractivity contribution in [3.8, 4) is 0 Å². The van der Waals surface area contributed by atoms with Crippen LogP contribution in [-0.4, -0.2) is 35.7 Å². The van der Waals surface area contributed by atoms with Gasteiger partial charge in [-0.3, -0.25) is 4.90 Å². The topological polar surface area (TPSA) is 23.5 Å². The van der Waals surface area contributed by atoms with E-state index in [1.54, 1.807) is 0 Å². The maximum absolute atomic E-state index is 8.84. The Morgan fingerprint density at radius 3 is 2.80 bits per heavy atom. The van der Waals surface area contributed by atoms with E-state index in [0.29, 0.717) is 12.6 Å². The molecule has 1 aliphatic rings. The van der Waals surface area contributed by atoms with Crippen molar-refractivity contribution in [3.05, 3.63) is 0 Å². The molecule has 0 spiro atoms. The standard InChI is InChI=1S/C8H17NO/c1-7-3-4-9(5-7)8(2)6-10/h7-8,10H,3-6H2,1-2H3/t7-,8-/m0/s1. The molecular formula is C8H17NO. The van der Waals surface area contributed by atoms with Gasteiger partial charge in [0.05, 0.1) is 6.61 Å². The largest absolute Gasteiger partial charge is 0.395 e. The van der Waals surface area contributed by atoms with Gasteiger partial charge in [-0.2, -0.15) is 0 Å². The van der Waals surface area contributed by atoms with Crippen molar-refractivity contribution < 1.29 is 5.11 Å². The summed E-state index contributed by atoms with van der Waals surface area (Å²) >= 11 is 0. The highest BCUT2D eigenvalue weighted by Gasteiger charge is 2.21. The van der Waals surface area contributed by atoms with E-state index < -0.39 is 0 Å². The van der Waals surface area contributed by atoms with Crippen molar-refractivity contribution in [2.24, 2.45) is 5.92 Å². The predicted octanol–water partition coefficient (Wildman–Crippen LogP) is 0.709.